The summed E-state index contributed by atoms with van der Waals surface area (Å²) in [7, 11) is 0. The molecule has 0 saturated heterocycles. The van der Waals surface area contributed by atoms with E-state index >= 15 is 8.78 Å². The minimum absolute atomic E-state index is 0.300. The van der Waals surface area contributed by atoms with Crippen molar-refractivity contribution in [1.29, 1.82) is 0 Å². The van der Waals surface area contributed by atoms with Gasteiger partial charge in [0.1, 0.15) is 46.1 Å². The molecule has 0 amide bonds. The van der Waals surface area contributed by atoms with Crippen molar-refractivity contribution < 1.29 is 23.0 Å². The third-order valence-electron chi connectivity index (χ3n) is 19.3. The van der Waals surface area contributed by atoms with Crippen LogP contribution in [0.2, 0.25) is 0 Å². The van der Waals surface area contributed by atoms with Crippen LogP contribution in [-0.4, -0.2) is 0 Å². The highest BCUT2D eigenvalue weighted by Gasteiger charge is 2.49. The minimum Gasteiger partial charge on any atom is -0.457 e. The molecule has 446 valence electrons. The van der Waals surface area contributed by atoms with Gasteiger partial charge in [0, 0.05) is 39.2 Å². The summed E-state index contributed by atoms with van der Waals surface area (Å²) < 4.78 is 50.6. The maximum Gasteiger partial charge on any atom is 0.139 e. The molecule has 93 heavy (non-hydrogen) atoms. The Bertz CT molecular complexity index is 4810. The molecule has 0 spiro atoms. The number of hydrogen-bond donors (Lipinski definition) is 0. The first-order chi connectivity index (χ1) is 45.5. The average Bonchev–Trinajstić information content (AvgIpc) is 1.56. The molecular formula is C87H61F2NO3. The lowest BCUT2D eigenvalue weighted by molar-refractivity contribution is 0.419. The molecule has 6 heteroatoms. The van der Waals surface area contributed by atoms with Crippen LogP contribution >= 0.6 is 0 Å². The van der Waals surface area contributed by atoms with Crippen molar-refractivity contribution in [3.63, 3.8) is 0 Å². The van der Waals surface area contributed by atoms with E-state index in [2.05, 4.69) is 202 Å². The topological polar surface area (TPSA) is 30.9 Å². The zero-order chi connectivity index (χ0) is 63.0. The fourth-order valence-corrected chi connectivity index (χ4v) is 14.9. The molecule has 2 aliphatic carbocycles. The molecule has 0 radical (unpaired) electrons. The van der Waals surface area contributed by atoms with E-state index in [1.807, 2.05) is 115 Å². The Labute approximate surface area is 540 Å². The van der Waals surface area contributed by atoms with E-state index in [1.165, 1.54) is 0 Å². The van der Waals surface area contributed by atoms with E-state index in [-0.39, 0.29) is 17.0 Å². The summed E-state index contributed by atoms with van der Waals surface area (Å²) in [5.74, 6) is 3.85. The van der Waals surface area contributed by atoms with Gasteiger partial charge in [-0.05, 0) is 199 Å². The molecule has 2 unspecified atom stereocenters. The molecule has 13 aromatic carbocycles. The number of fused-ring (bicyclic) bond motifs is 8. The van der Waals surface area contributed by atoms with Gasteiger partial charge >= 0.3 is 0 Å². The van der Waals surface area contributed by atoms with Gasteiger partial charge in [0.2, 0.25) is 0 Å². The largest absolute Gasteiger partial charge is 0.457 e. The number of nitrogens with zero attached hydrogens (tertiary/aromatic N) is 1. The van der Waals surface area contributed by atoms with Crippen LogP contribution in [0.1, 0.15) is 80.6 Å². The lowest BCUT2D eigenvalue weighted by Gasteiger charge is -2.36. The quantitative estimate of drug-likeness (QED) is 0.109. The van der Waals surface area contributed by atoms with E-state index < -0.39 is 10.8 Å². The number of hydrogen-bond acceptors (Lipinski definition) is 4. The van der Waals surface area contributed by atoms with Gasteiger partial charge in [0.05, 0.1) is 10.8 Å². The van der Waals surface area contributed by atoms with Crippen LogP contribution in [-0.2, 0) is 16.2 Å². The van der Waals surface area contributed by atoms with Crippen LogP contribution in [0.4, 0.5) is 25.8 Å². The summed E-state index contributed by atoms with van der Waals surface area (Å²) in [4.78, 5) is 2.35. The number of ether oxygens (including phenoxy) is 3. The Morgan fingerprint density at radius 3 is 1.16 bits per heavy atom. The average molecular weight is 1210 g/mol. The SMILES string of the molecule is C=Cc1ccc(Oc2ccc(C3(c4ccc(F)cc4)c4ccccc4-c4ccc(N(c5ccc(-c6cccc7c6Oc6ccccc6C7(C)C)cc5)c5ccc6c(c5)C(c5ccc(F)cc5)(c5ccc(Oc7ccc(C=C)cc7)cc5)c5ccccc5-6)cc43)cc2)cc1. The van der Waals surface area contributed by atoms with Gasteiger partial charge in [0.15, 0.2) is 0 Å². The van der Waals surface area contributed by atoms with E-state index in [9.17, 15) is 0 Å². The predicted octanol–water partition coefficient (Wildman–Crippen LogP) is 23.1. The van der Waals surface area contributed by atoms with Crippen LogP contribution in [0.3, 0.4) is 0 Å². The molecule has 1 heterocycles. The fourth-order valence-electron chi connectivity index (χ4n) is 14.9. The Hall–Kier alpha value is -11.6. The summed E-state index contributed by atoms with van der Waals surface area (Å²) in [6.45, 7) is 12.4. The highest BCUT2D eigenvalue weighted by Crippen LogP contribution is 2.61. The van der Waals surface area contributed by atoms with E-state index in [1.54, 1.807) is 24.3 Å². The second kappa shape index (κ2) is 22.4. The highest BCUT2D eigenvalue weighted by atomic mass is 19.1. The molecule has 0 fully saturated rings. The number of anilines is 3. The Balaban J connectivity index is 0.899. The zero-order valence-corrected chi connectivity index (χ0v) is 51.3. The highest BCUT2D eigenvalue weighted by molar-refractivity contribution is 5.93. The summed E-state index contributed by atoms with van der Waals surface area (Å²) >= 11 is 0. The third-order valence-corrected chi connectivity index (χ3v) is 19.3. The van der Waals surface area contributed by atoms with Gasteiger partial charge in [-0.15, -0.1) is 0 Å². The molecule has 0 aromatic heterocycles. The van der Waals surface area contributed by atoms with Crippen molar-refractivity contribution >= 4 is 29.2 Å². The Morgan fingerprint density at radius 2 is 0.710 bits per heavy atom. The number of halogens is 2. The van der Waals surface area contributed by atoms with Crippen molar-refractivity contribution in [2.75, 3.05) is 4.90 Å². The van der Waals surface area contributed by atoms with Gasteiger partial charge in [0.25, 0.3) is 0 Å². The smallest absolute Gasteiger partial charge is 0.139 e. The predicted molar refractivity (Wildman–Crippen MR) is 373 cm³/mol. The number of rotatable bonds is 14. The Kier molecular flexibility index (Phi) is 13.6. The summed E-state index contributed by atoms with van der Waals surface area (Å²) in [5, 5.41) is 0. The zero-order valence-electron chi connectivity index (χ0n) is 51.3. The molecular weight excluding hydrogens is 1140 g/mol. The van der Waals surface area contributed by atoms with Crippen LogP contribution in [0.25, 0.3) is 45.5 Å². The maximum absolute atomic E-state index is 15.4. The third kappa shape index (κ3) is 9.23. The standard InChI is InChI=1S/C87H61F2NO3/c1-5-56-22-44-68(45-23-56)91-70-48-32-61(33-49-70)86(59-28-36-63(88)37-29-59)77-17-9-7-14-73(77)75-52-42-66(54-81(75)86)90(65-40-26-58(27-41-65)72-16-13-20-80-84(72)93-83-21-12-11-19-79(83)85(80,3)4)67-43-53-76-74-15-8-10-18-78(74)87(82(76)55-67,60-30-38-64(89)39-31-60)62-34-50-71(51-35-62)92-69-46-24-57(6-2)25-47-69/h5-55H,1-2H2,3-4H3. The monoisotopic (exact) mass is 1210 g/mol. The molecule has 2 atom stereocenters. The van der Waals surface area contributed by atoms with Crippen molar-refractivity contribution in [3.05, 3.63) is 389 Å². The van der Waals surface area contributed by atoms with Crippen molar-refractivity contribution in [2.45, 2.75) is 30.1 Å². The summed E-state index contributed by atoms with van der Waals surface area (Å²) in [6.07, 6.45) is 3.63. The second-order valence-electron chi connectivity index (χ2n) is 24.7. The first kappa shape index (κ1) is 56.6. The fraction of sp³-hybridized carbons (Fsp3) is 0.0575. The van der Waals surface area contributed by atoms with E-state index in [0.717, 1.165) is 129 Å². The summed E-state index contributed by atoms with van der Waals surface area (Å²) in [5.41, 5.74) is 19.2. The minimum atomic E-state index is -0.920. The molecule has 0 N–H and O–H groups in total. The van der Waals surface area contributed by atoms with E-state index in [4.69, 9.17) is 14.2 Å². The van der Waals surface area contributed by atoms with Crippen molar-refractivity contribution in [2.24, 2.45) is 0 Å². The lowest BCUT2D eigenvalue weighted by atomic mass is 9.67. The molecule has 1 aliphatic heterocycles. The van der Waals surface area contributed by atoms with Crippen molar-refractivity contribution in [3.8, 4) is 67.9 Å². The number of benzene rings is 13. The molecule has 4 nitrogen and oxygen atoms in total. The molecule has 13 aromatic rings. The lowest BCUT2D eigenvalue weighted by Crippen LogP contribution is -2.29. The van der Waals surface area contributed by atoms with Crippen LogP contribution in [0, 0.1) is 11.6 Å². The molecule has 16 rings (SSSR count). The first-order valence-corrected chi connectivity index (χ1v) is 31.4. The molecule has 3 aliphatic rings. The van der Waals surface area contributed by atoms with Gasteiger partial charge in [-0.3, -0.25) is 0 Å². The van der Waals surface area contributed by atoms with Gasteiger partial charge in [-0.25, -0.2) is 8.78 Å². The number of para-hydroxylation sites is 2. The second-order valence-corrected chi connectivity index (χ2v) is 24.7. The van der Waals surface area contributed by atoms with Gasteiger partial charge < -0.3 is 19.1 Å². The maximum atomic E-state index is 15.4. The molecule has 0 bridgehead atoms. The molecule has 0 saturated carbocycles. The summed E-state index contributed by atoms with van der Waals surface area (Å²) in [6, 6.07) is 101. The van der Waals surface area contributed by atoms with Crippen LogP contribution in [0.5, 0.6) is 34.5 Å². The van der Waals surface area contributed by atoms with Crippen LogP contribution in [0.15, 0.2) is 310 Å². The van der Waals surface area contributed by atoms with E-state index in [0.29, 0.717) is 23.0 Å². The first-order valence-electron chi connectivity index (χ1n) is 31.4. The normalized spacial score (nSPS) is 15.9. The van der Waals surface area contributed by atoms with Crippen LogP contribution < -0.4 is 19.1 Å². The van der Waals surface area contributed by atoms with Crippen molar-refractivity contribution in [1.82, 2.24) is 0 Å². The van der Waals surface area contributed by atoms with Gasteiger partial charge in [-0.2, -0.15) is 0 Å². The van der Waals surface area contributed by atoms with Gasteiger partial charge in [-0.1, -0.05) is 221 Å². The Morgan fingerprint density at radius 1 is 0.344 bits per heavy atom.